The molecule has 1 saturated carbocycles. The quantitative estimate of drug-likeness (QED) is 0.157. The van der Waals surface area contributed by atoms with E-state index in [2.05, 4.69) is 5.32 Å². The first-order valence-electron chi connectivity index (χ1n) is 15.8. The largest absolute Gasteiger partial charge is 0.416 e. The zero-order valence-electron chi connectivity index (χ0n) is 26.5. The molecule has 7 nitrogen and oxygen atoms in total. The van der Waals surface area contributed by atoms with Gasteiger partial charge in [0.1, 0.15) is 12.6 Å². The predicted molar refractivity (Wildman–Crippen MR) is 189 cm³/mol. The highest BCUT2D eigenvalue weighted by molar-refractivity contribution is 7.92. The van der Waals surface area contributed by atoms with E-state index in [1.54, 1.807) is 42.5 Å². The number of anilines is 1. The van der Waals surface area contributed by atoms with Crippen LogP contribution in [0, 0.1) is 0 Å². The highest BCUT2D eigenvalue weighted by Crippen LogP contribution is 2.37. The van der Waals surface area contributed by atoms with Gasteiger partial charge in [0.15, 0.2) is 0 Å². The summed E-state index contributed by atoms with van der Waals surface area (Å²) in [6.07, 6.45) is -1.38. The van der Waals surface area contributed by atoms with E-state index in [9.17, 15) is 31.2 Å². The summed E-state index contributed by atoms with van der Waals surface area (Å²) in [6, 6.07) is 21.6. The van der Waals surface area contributed by atoms with Crippen LogP contribution in [0.2, 0.25) is 15.1 Å². The molecular formula is C36H33Cl3F3N3O4S. The van der Waals surface area contributed by atoms with Crippen molar-refractivity contribution in [3.8, 4) is 0 Å². The molecular weight excluding hydrogens is 734 g/mol. The lowest BCUT2D eigenvalue weighted by atomic mass is 10.0. The highest BCUT2D eigenvalue weighted by atomic mass is 35.5. The number of carbonyl (C=O) groups excluding carboxylic acids is 2. The molecule has 50 heavy (non-hydrogen) atoms. The van der Waals surface area contributed by atoms with Gasteiger partial charge in [0, 0.05) is 19.0 Å². The Morgan fingerprint density at radius 2 is 1.42 bits per heavy atom. The summed E-state index contributed by atoms with van der Waals surface area (Å²) in [5, 5.41) is 3.17. The van der Waals surface area contributed by atoms with Crippen molar-refractivity contribution >= 4 is 62.3 Å². The van der Waals surface area contributed by atoms with Gasteiger partial charge in [0.05, 0.1) is 31.2 Å². The van der Waals surface area contributed by atoms with Crippen LogP contribution in [0.1, 0.15) is 42.4 Å². The van der Waals surface area contributed by atoms with Crippen LogP contribution in [0.5, 0.6) is 0 Å². The third-order valence-corrected chi connectivity index (χ3v) is 11.3. The Labute approximate surface area is 304 Å². The molecule has 1 fully saturated rings. The first-order chi connectivity index (χ1) is 23.7. The van der Waals surface area contributed by atoms with Crippen molar-refractivity contribution in [3.63, 3.8) is 0 Å². The molecule has 1 N–H and O–H groups in total. The van der Waals surface area contributed by atoms with Crippen molar-refractivity contribution in [1.82, 2.24) is 10.2 Å². The average molecular weight is 767 g/mol. The van der Waals surface area contributed by atoms with Gasteiger partial charge in [-0.05, 0) is 66.4 Å². The molecule has 1 aliphatic rings. The minimum absolute atomic E-state index is 0.0577. The molecule has 0 heterocycles. The van der Waals surface area contributed by atoms with Gasteiger partial charge < -0.3 is 10.2 Å². The van der Waals surface area contributed by atoms with Crippen LogP contribution in [-0.4, -0.2) is 43.8 Å². The number of nitrogens with one attached hydrogen (secondary N) is 1. The second-order valence-electron chi connectivity index (χ2n) is 12.0. The van der Waals surface area contributed by atoms with Crippen LogP contribution >= 0.6 is 34.8 Å². The molecule has 0 radical (unpaired) electrons. The normalized spacial score (nSPS) is 14.3. The zero-order chi connectivity index (χ0) is 36.1. The van der Waals surface area contributed by atoms with Crippen LogP contribution < -0.4 is 9.62 Å². The van der Waals surface area contributed by atoms with Gasteiger partial charge in [-0.1, -0.05) is 102 Å². The molecule has 4 aromatic carbocycles. The number of nitrogens with zero attached hydrogens (tertiary/aromatic N) is 2. The second kappa shape index (κ2) is 16.1. The Balaban J connectivity index is 1.63. The number of rotatable bonds is 12. The maximum absolute atomic E-state index is 14.6. The SMILES string of the molecule is O=C(NC1CCCC1)[C@H](Cc1ccccc1)N(Cc1ccc(Cl)c(Cl)c1)C(=O)CN(c1cc(C(F)(F)F)ccc1Cl)S(=O)(=O)c1ccccc1. The fourth-order valence-corrected chi connectivity index (χ4v) is 7.91. The predicted octanol–water partition coefficient (Wildman–Crippen LogP) is 8.56. The smallest absolute Gasteiger partial charge is 0.352 e. The molecule has 1 aliphatic carbocycles. The summed E-state index contributed by atoms with van der Waals surface area (Å²) >= 11 is 18.9. The van der Waals surface area contributed by atoms with Crippen LogP contribution in [0.15, 0.2) is 102 Å². The van der Waals surface area contributed by atoms with Gasteiger partial charge in [-0.15, -0.1) is 0 Å². The Morgan fingerprint density at radius 3 is 2.04 bits per heavy atom. The van der Waals surface area contributed by atoms with Crippen molar-refractivity contribution in [2.75, 3.05) is 10.8 Å². The van der Waals surface area contributed by atoms with E-state index < -0.39 is 51.9 Å². The van der Waals surface area contributed by atoms with Crippen LogP contribution in [0.4, 0.5) is 18.9 Å². The summed E-state index contributed by atoms with van der Waals surface area (Å²) in [7, 11) is -4.68. The fraction of sp³-hybridized carbons (Fsp3) is 0.278. The van der Waals surface area contributed by atoms with E-state index in [1.165, 1.54) is 41.3 Å². The van der Waals surface area contributed by atoms with E-state index in [4.69, 9.17) is 34.8 Å². The summed E-state index contributed by atoms with van der Waals surface area (Å²) in [5.41, 5.74) is -0.513. The van der Waals surface area contributed by atoms with E-state index in [0.717, 1.165) is 43.4 Å². The third-order valence-electron chi connectivity index (χ3n) is 8.46. The van der Waals surface area contributed by atoms with Crippen molar-refractivity contribution in [3.05, 3.63) is 129 Å². The monoisotopic (exact) mass is 765 g/mol. The number of alkyl halides is 3. The number of hydrogen-bond donors (Lipinski definition) is 1. The Kier molecular flexibility index (Phi) is 12.0. The Hall–Kier alpha value is -3.77. The van der Waals surface area contributed by atoms with Crippen LogP contribution in [0.3, 0.4) is 0 Å². The number of hydrogen-bond acceptors (Lipinski definition) is 4. The Bertz CT molecular complexity index is 1930. The van der Waals surface area contributed by atoms with Crippen LogP contribution in [-0.2, 0) is 38.8 Å². The molecule has 0 spiro atoms. The van der Waals surface area contributed by atoms with Gasteiger partial charge in [0.2, 0.25) is 11.8 Å². The maximum atomic E-state index is 14.6. The zero-order valence-corrected chi connectivity index (χ0v) is 29.6. The standard InChI is InChI=1S/C36H33Cl3F3N3O4S/c37-29-17-15-25(19-31(29)39)22-44(33(20-24-9-3-1-4-10-24)35(47)43-27-11-7-8-12-27)34(46)23-45(50(48,49)28-13-5-2-6-14-28)32-21-26(36(40,41)42)16-18-30(32)38/h1-6,9-10,13-19,21,27,33H,7-8,11-12,20,22-23H2,(H,43,47)/t33-/m0/s1. The molecule has 1 atom stereocenters. The molecule has 0 aromatic heterocycles. The second-order valence-corrected chi connectivity index (χ2v) is 15.0. The van der Waals surface area contributed by atoms with Crippen molar-refractivity contribution in [2.45, 2.75) is 61.8 Å². The van der Waals surface area contributed by atoms with Gasteiger partial charge in [-0.25, -0.2) is 8.42 Å². The van der Waals surface area contributed by atoms with E-state index in [-0.39, 0.29) is 39.0 Å². The van der Waals surface area contributed by atoms with Crippen molar-refractivity contribution in [1.29, 1.82) is 0 Å². The molecule has 5 rings (SSSR count). The Morgan fingerprint density at radius 1 is 0.800 bits per heavy atom. The lowest BCUT2D eigenvalue weighted by Gasteiger charge is -2.34. The first kappa shape index (κ1) is 37.5. The molecule has 0 saturated heterocycles. The number of amides is 2. The topological polar surface area (TPSA) is 86.8 Å². The lowest BCUT2D eigenvalue weighted by Crippen LogP contribution is -2.54. The molecule has 4 aromatic rings. The maximum Gasteiger partial charge on any atom is 0.416 e. The fourth-order valence-electron chi connectivity index (χ4n) is 5.87. The van der Waals surface area contributed by atoms with Crippen molar-refractivity contribution in [2.24, 2.45) is 0 Å². The summed E-state index contributed by atoms with van der Waals surface area (Å²) in [4.78, 5) is 29.7. The number of benzene rings is 4. The summed E-state index contributed by atoms with van der Waals surface area (Å²) in [5.74, 6) is -1.32. The molecule has 264 valence electrons. The van der Waals surface area contributed by atoms with E-state index in [1.807, 2.05) is 0 Å². The first-order valence-corrected chi connectivity index (χ1v) is 18.3. The third kappa shape index (κ3) is 9.11. The van der Waals surface area contributed by atoms with Crippen LogP contribution in [0.25, 0.3) is 0 Å². The summed E-state index contributed by atoms with van der Waals surface area (Å²) in [6.45, 7) is -1.19. The van der Waals surface area contributed by atoms with E-state index >= 15 is 0 Å². The average Bonchev–Trinajstić information content (AvgIpc) is 3.60. The molecule has 0 aliphatic heterocycles. The van der Waals surface area contributed by atoms with Gasteiger partial charge >= 0.3 is 6.18 Å². The summed E-state index contributed by atoms with van der Waals surface area (Å²) < 4.78 is 70.6. The lowest BCUT2D eigenvalue weighted by molar-refractivity contribution is -0.140. The minimum Gasteiger partial charge on any atom is -0.352 e. The van der Waals surface area contributed by atoms with Gasteiger partial charge in [-0.3, -0.25) is 13.9 Å². The molecule has 14 heteroatoms. The van der Waals surface area contributed by atoms with Gasteiger partial charge in [0.25, 0.3) is 10.0 Å². The highest BCUT2D eigenvalue weighted by Gasteiger charge is 2.38. The molecule has 0 bridgehead atoms. The number of carbonyl (C=O) groups is 2. The van der Waals surface area contributed by atoms with Crippen molar-refractivity contribution < 1.29 is 31.2 Å². The number of halogens is 6. The van der Waals surface area contributed by atoms with Gasteiger partial charge in [-0.2, -0.15) is 13.2 Å². The van der Waals surface area contributed by atoms with E-state index in [0.29, 0.717) is 15.9 Å². The minimum atomic E-state index is -4.84. The molecule has 0 unspecified atom stereocenters. The number of sulfonamides is 1. The molecule has 2 amide bonds.